The second kappa shape index (κ2) is 9.59. The number of fused-ring (bicyclic) bond motifs is 2. The Morgan fingerprint density at radius 1 is 0.842 bits per heavy atom. The van der Waals surface area contributed by atoms with Crippen molar-refractivity contribution in [3.8, 4) is 5.75 Å². The van der Waals surface area contributed by atoms with Crippen LogP contribution < -0.4 is 15.4 Å². The van der Waals surface area contributed by atoms with Crippen LogP contribution in [0.15, 0.2) is 97.1 Å². The average Bonchev–Trinajstić information content (AvgIpc) is 3.44. The molecular weight excluding hydrogens is 519 g/mol. The molecule has 0 aliphatic carbocycles. The molecule has 7 heteroatoms. The molecule has 4 aromatic rings. The maximum Gasteiger partial charge on any atom is 0.250 e. The van der Waals surface area contributed by atoms with Gasteiger partial charge in [0.2, 0.25) is 5.91 Å². The van der Waals surface area contributed by atoms with Gasteiger partial charge in [0.05, 0.1) is 13.0 Å². The Bertz CT molecular complexity index is 1520. The summed E-state index contributed by atoms with van der Waals surface area (Å²) in [7, 11) is 1.62. The van der Waals surface area contributed by atoms with E-state index in [1.54, 1.807) is 49.6 Å². The molecule has 2 unspecified atom stereocenters. The van der Waals surface area contributed by atoms with Crippen LogP contribution in [-0.4, -0.2) is 18.8 Å². The Kier molecular flexibility index (Phi) is 6.23. The highest BCUT2D eigenvalue weighted by Crippen LogP contribution is 2.57. The van der Waals surface area contributed by atoms with Crippen molar-refractivity contribution in [1.82, 2.24) is 5.32 Å². The highest BCUT2D eigenvalue weighted by molar-refractivity contribution is 6.31. The van der Waals surface area contributed by atoms with Crippen LogP contribution in [-0.2, 0) is 10.3 Å². The molecule has 0 aromatic heterocycles. The van der Waals surface area contributed by atoms with Gasteiger partial charge in [0.25, 0.3) is 0 Å². The fourth-order valence-corrected chi connectivity index (χ4v) is 6.25. The van der Waals surface area contributed by atoms with Crippen LogP contribution in [0.3, 0.4) is 0 Å². The molecule has 2 aliphatic rings. The number of anilines is 1. The SMILES string of the molecule is COc1ccc([C@H]2C(C(=O)c3ccc(Cl)cc3)C3(N[C@@H]2c2ccccc2)C(=O)Nc2ccc(Cl)cc23)cc1. The molecule has 0 radical (unpaired) electrons. The summed E-state index contributed by atoms with van der Waals surface area (Å²) in [4.78, 5) is 28.5. The zero-order valence-corrected chi connectivity index (χ0v) is 22.0. The van der Waals surface area contributed by atoms with Crippen LogP contribution in [0.4, 0.5) is 5.69 Å². The van der Waals surface area contributed by atoms with Gasteiger partial charge in [-0.25, -0.2) is 0 Å². The molecule has 4 atom stereocenters. The summed E-state index contributed by atoms with van der Waals surface area (Å²) in [6.45, 7) is 0. The van der Waals surface area contributed by atoms with Gasteiger partial charge in [0.1, 0.15) is 11.3 Å². The zero-order valence-electron chi connectivity index (χ0n) is 20.5. The number of halogens is 2. The molecule has 2 aliphatic heterocycles. The number of Topliss-reactive ketones (excluding diaryl/α,β-unsaturated/α-hetero) is 1. The largest absolute Gasteiger partial charge is 0.497 e. The Balaban J connectivity index is 1.62. The Hall–Kier alpha value is -3.64. The van der Waals surface area contributed by atoms with Crippen LogP contribution in [0.5, 0.6) is 5.75 Å². The fraction of sp³-hybridized carbons (Fsp3) is 0.161. The molecule has 0 bridgehead atoms. The number of carbonyl (C=O) groups is 2. The number of nitrogens with one attached hydrogen (secondary N) is 2. The number of ether oxygens (including phenoxy) is 1. The number of benzene rings is 4. The maximum absolute atomic E-state index is 14.5. The molecule has 2 heterocycles. The summed E-state index contributed by atoms with van der Waals surface area (Å²) in [6, 6.07) is 29.4. The molecule has 190 valence electrons. The molecule has 6 rings (SSSR count). The molecule has 2 N–H and O–H groups in total. The monoisotopic (exact) mass is 542 g/mol. The number of methoxy groups -OCH3 is 1. The third-order valence-corrected chi connectivity index (χ3v) is 8.14. The van der Waals surface area contributed by atoms with Crippen LogP contribution >= 0.6 is 23.2 Å². The summed E-state index contributed by atoms with van der Waals surface area (Å²) < 4.78 is 5.39. The molecular formula is C31H24Cl2N2O3. The molecule has 1 fully saturated rings. The number of amides is 1. The zero-order chi connectivity index (χ0) is 26.4. The lowest BCUT2D eigenvalue weighted by atomic mass is 9.69. The minimum atomic E-state index is -1.35. The normalized spacial score (nSPS) is 23.8. The van der Waals surface area contributed by atoms with Crippen LogP contribution in [0.25, 0.3) is 0 Å². The van der Waals surface area contributed by atoms with Crippen molar-refractivity contribution in [2.45, 2.75) is 17.5 Å². The molecule has 1 saturated heterocycles. The summed E-state index contributed by atoms with van der Waals surface area (Å²) in [5.41, 5.74) is 2.34. The van der Waals surface area contributed by atoms with Crippen molar-refractivity contribution in [3.05, 3.63) is 129 Å². The van der Waals surface area contributed by atoms with E-state index < -0.39 is 11.5 Å². The molecule has 0 saturated carbocycles. The van der Waals surface area contributed by atoms with Crippen LogP contribution in [0.2, 0.25) is 10.0 Å². The Morgan fingerprint density at radius 2 is 1.53 bits per heavy atom. The van der Waals surface area contributed by atoms with E-state index in [-0.39, 0.29) is 23.7 Å². The van der Waals surface area contributed by atoms with Crippen molar-refractivity contribution >= 4 is 40.6 Å². The summed E-state index contributed by atoms with van der Waals surface area (Å²) in [5.74, 6) is -0.901. The third-order valence-electron chi connectivity index (χ3n) is 7.65. The topological polar surface area (TPSA) is 67.4 Å². The minimum absolute atomic E-state index is 0.156. The highest BCUT2D eigenvalue weighted by Gasteiger charge is 2.64. The molecule has 1 spiro atoms. The van der Waals surface area contributed by atoms with Gasteiger partial charge in [-0.15, -0.1) is 0 Å². The van der Waals surface area contributed by atoms with E-state index in [1.165, 1.54) is 0 Å². The second-order valence-electron chi connectivity index (χ2n) is 9.63. The smallest absolute Gasteiger partial charge is 0.250 e. The molecule has 5 nitrogen and oxygen atoms in total. The molecule has 1 amide bonds. The lowest BCUT2D eigenvalue weighted by Crippen LogP contribution is -2.50. The summed E-state index contributed by atoms with van der Waals surface area (Å²) in [5, 5.41) is 7.69. The predicted octanol–water partition coefficient (Wildman–Crippen LogP) is 6.78. The summed E-state index contributed by atoms with van der Waals surface area (Å²) >= 11 is 12.6. The van der Waals surface area contributed by atoms with E-state index in [9.17, 15) is 9.59 Å². The second-order valence-corrected chi connectivity index (χ2v) is 10.5. The van der Waals surface area contributed by atoms with E-state index in [0.717, 1.165) is 11.1 Å². The van der Waals surface area contributed by atoms with Crippen LogP contribution in [0.1, 0.15) is 39.0 Å². The van der Waals surface area contributed by atoms with Gasteiger partial charge in [0, 0.05) is 38.8 Å². The van der Waals surface area contributed by atoms with Gasteiger partial charge in [-0.1, -0.05) is 65.7 Å². The standard InChI is InChI=1S/C31H24Cl2N2O3/c1-38-23-14-9-18(10-15-23)26-27(29(36)20-7-11-21(32)12-8-20)31(35-28(26)19-5-3-2-4-6-19)24-17-22(33)13-16-25(24)34-30(31)37/h2-17,26-28,35H,1H3,(H,34,37)/t26-,27?,28+,31?/m0/s1. The Labute approximate surface area is 230 Å². The van der Waals surface area contributed by atoms with Crippen molar-refractivity contribution in [1.29, 1.82) is 0 Å². The lowest BCUT2D eigenvalue weighted by molar-refractivity contribution is -0.122. The molecule has 38 heavy (non-hydrogen) atoms. The van der Waals surface area contributed by atoms with Crippen LogP contribution in [0, 0.1) is 5.92 Å². The van der Waals surface area contributed by atoms with Gasteiger partial charge in [-0.3, -0.25) is 14.9 Å². The number of hydrogen-bond acceptors (Lipinski definition) is 4. The maximum atomic E-state index is 14.5. The molecule has 4 aromatic carbocycles. The van der Waals surface area contributed by atoms with Gasteiger partial charge >= 0.3 is 0 Å². The predicted molar refractivity (Wildman–Crippen MR) is 149 cm³/mol. The quantitative estimate of drug-likeness (QED) is 0.273. The van der Waals surface area contributed by atoms with Crippen molar-refractivity contribution in [2.24, 2.45) is 5.92 Å². The average molecular weight is 543 g/mol. The van der Waals surface area contributed by atoms with Gasteiger partial charge in [-0.05, 0) is 65.7 Å². The highest BCUT2D eigenvalue weighted by atomic mass is 35.5. The number of carbonyl (C=O) groups excluding carboxylic acids is 2. The van der Waals surface area contributed by atoms with E-state index in [4.69, 9.17) is 27.9 Å². The van der Waals surface area contributed by atoms with Gasteiger partial charge < -0.3 is 10.1 Å². The summed E-state index contributed by atoms with van der Waals surface area (Å²) in [6.07, 6.45) is 0. The number of hydrogen-bond donors (Lipinski definition) is 2. The van der Waals surface area contributed by atoms with Crippen molar-refractivity contribution < 1.29 is 14.3 Å². The lowest BCUT2D eigenvalue weighted by Gasteiger charge is -2.31. The first-order valence-corrected chi connectivity index (χ1v) is 13.1. The first-order chi connectivity index (χ1) is 18.4. The van der Waals surface area contributed by atoms with E-state index in [2.05, 4.69) is 10.6 Å². The van der Waals surface area contributed by atoms with Gasteiger partial charge in [0.15, 0.2) is 5.78 Å². The first kappa shape index (κ1) is 24.7. The number of ketones is 1. The van der Waals surface area contributed by atoms with E-state index >= 15 is 0 Å². The first-order valence-electron chi connectivity index (χ1n) is 12.3. The van der Waals surface area contributed by atoms with Crippen molar-refractivity contribution in [2.75, 3.05) is 12.4 Å². The third kappa shape index (κ3) is 3.90. The van der Waals surface area contributed by atoms with Gasteiger partial charge in [-0.2, -0.15) is 0 Å². The fourth-order valence-electron chi connectivity index (χ4n) is 5.95. The Morgan fingerprint density at radius 3 is 2.21 bits per heavy atom. The number of rotatable bonds is 5. The van der Waals surface area contributed by atoms with E-state index in [1.807, 2.05) is 54.6 Å². The van der Waals surface area contributed by atoms with E-state index in [0.29, 0.717) is 32.6 Å². The van der Waals surface area contributed by atoms with Crippen molar-refractivity contribution in [3.63, 3.8) is 0 Å². The minimum Gasteiger partial charge on any atom is -0.497 e.